The van der Waals surface area contributed by atoms with Crippen LogP contribution in [0.3, 0.4) is 0 Å². The lowest BCUT2D eigenvalue weighted by Crippen LogP contribution is -2.32. The molecule has 2 aromatic heterocycles. The Labute approximate surface area is 161 Å². The van der Waals surface area contributed by atoms with Crippen LogP contribution in [0.1, 0.15) is 40.6 Å². The van der Waals surface area contributed by atoms with Crippen molar-refractivity contribution in [1.82, 2.24) is 25.4 Å². The zero-order chi connectivity index (χ0) is 20.1. The summed E-state index contributed by atoms with van der Waals surface area (Å²) in [5.41, 5.74) is 1.19. The Morgan fingerprint density at radius 3 is 2.93 bits per heavy atom. The number of aryl methyl sites for hydroxylation is 1. The van der Waals surface area contributed by atoms with E-state index < -0.39 is 17.5 Å². The fourth-order valence-corrected chi connectivity index (χ4v) is 2.57. The SMILES string of the molecule is COCCc1noc([C@H](C)NC(=O)c2cnc(-c3cccc(C)c3)[nH]c2=O)n1. The summed E-state index contributed by atoms with van der Waals surface area (Å²) in [6.45, 7) is 4.10. The number of aromatic amines is 1. The Balaban J connectivity index is 1.72. The molecule has 0 aliphatic rings. The molecule has 9 nitrogen and oxygen atoms in total. The first-order valence-electron chi connectivity index (χ1n) is 8.76. The number of aromatic nitrogens is 4. The highest BCUT2D eigenvalue weighted by Gasteiger charge is 2.20. The number of methoxy groups -OCH3 is 1. The average molecular weight is 383 g/mol. The van der Waals surface area contributed by atoms with Gasteiger partial charge in [-0.1, -0.05) is 28.9 Å². The first-order valence-corrected chi connectivity index (χ1v) is 8.76. The maximum atomic E-state index is 12.4. The zero-order valence-corrected chi connectivity index (χ0v) is 15.9. The Kier molecular flexibility index (Phi) is 5.95. The van der Waals surface area contributed by atoms with Crippen LogP contribution in [0.4, 0.5) is 0 Å². The van der Waals surface area contributed by atoms with Gasteiger partial charge in [-0.25, -0.2) is 4.98 Å². The van der Waals surface area contributed by atoms with Crippen molar-refractivity contribution in [3.05, 3.63) is 63.7 Å². The van der Waals surface area contributed by atoms with Crippen LogP contribution in [-0.2, 0) is 11.2 Å². The van der Waals surface area contributed by atoms with Crippen LogP contribution in [0.2, 0.25) is 0 Å². The second-order valence-electron chi connectivity index (χ2n) is 6.33. The third-order valence-electron chi connectivity index (χ3n) is 4.07. The molecule has 0 spiro atoms. The van der Waals surface area contributed by atoms with Gasteiger partial charge in [0.2, 0.25) is 5.89 Å². The van der Waals surface area contributed by atoms with Gasteiger partial charge in [-0.3, -0.25) is 9.59 Å². The smallest absolute Gasteiger partial charge is 0.264 e. The van der Waals surface area contributed by atoms with Gasteiger partial charge in [0.1, 0.15) is 17.4 Å². The molecule has 0 saturated carbocycles. The van der Waals surface area contributed by atoms with E-state index >= 15 is 0 Å². The van der Waals surface area contributed by atoms with E-state index in [9.17, 15) is 9.59 Å². The Morgan fingerprint density at radius 1 is 1.39 bits per heavy atom. The lowest BCUT2D eigenvalue weighted by Gasteiger charge is -2.09. The summed E-state index contributed by atoms with van der Waals surface area (Å²) in [4.78, 5) is 35.9. The molecule has 0 aliphatic heterocycles. The van der Waals surface area contributed by atoms with Crippen molar-refractivity contribution < 1.29 is 14.1 Å². The number of H-pyrrole nitrogens is 1. The van der Waals surface area contributed by atoms with E-state index in [0.29, 0.717) is 24.7 Å². The van der Waals surface area contributed by atoms with Crippen LogP contribution in [-0.4, -0.2) is 39.7 Å². The largest absolute Gasteiger partial charge is 0.384 e. The molecule has 0 aliphatic carbocycles. The molecule has 2 N–H and O–H groups in total. The van der Waals surface area contributed by atoms with Crippen molar-refractivity contribution in [2.75, 3.05) is 13.7 Å². The fraction of sp³-hybridized carbons (Fsp3) is 0.316. The molecule has 9 heteroatoms. The minimum atomic E-state index is -0.575. The first kappa shape index (κ1) is 19.4. The minimum absolute atomic E-state index is 0.0950. The first-order chi connectivity index (χ1) is 13.5. The lowest BCUT2D eigenvalue weighted by molar-refractivity contribution is 0.0930. The summed E-state index contributed by atoms with van der Waals surface area (Å²) in [7, 11) is 1.58. The third-order valence-corrected chi connectivity index (χ3v) is 4.07. The van der Waals surface area contributed by atoms with Crippen molar-refractivity contribution in [3.63, 3.8) is 0 Å². The number of carbonyl (C=O) groups is 1. The van der Waals surface area contributed by atoms with Crippen LogP contribution in [0, 0.1) is 6.92 Å². The van der Waals surface area contributed by atoms with E-state index in [-0.39, 0.29) is 11.5 Å². The summed E-state index contributed by atoms with van der Waals surface area (Å²) in [5, 5.41) is 6.49. The molecule has 0 unspecified atom stereocenters. The van der Waals surface area contributed by atoms with Crippen LogP contribution in [0.5, 0.6) is 0 Å². The lowest BCUT2D eigenvalue weighted by atomic mass is 10.1. The molecule has 0 bridgehead atoms. The highest BCUT2D eigenvalue weighted by Crippen LogP contribution is 2.15. The van der Waals surface area contributed by atoms with E-state index in [2.05, 4.69) is 25.4 Å². The Morgan fingerprint density at radius 2 is 2.21 bits per heavy atom. The van der Waals surface area contributed by atoms with Gasteiger partial charge in [0.15, 0.2) is 5.82 Å². The second-order valence-corrected chi connectivity index (χ2v) is 6.33. The van der Waals surface area contributed by atoms with Gasteiger partial charge in [0.25, 0.3) is 11.5 Å². The van der Waals surface area contributed by atoms with Gasteiger partial charge in [-0.05, 0) is 19.9 Å². The van der Waals surface area contributed by atoms with E-state index in [0.717, 1.165) is 11.1 Å². The molecule has 0 radical (unpaired) electrons. The van der Waals surface area contributed by atoms with Crippen molar-refractivity contribution in [2.24, 2.45) is 0 Å². The molecule has 3 aromatic rings. The topological polar surface area (TPSA) is 123 Å². The average Bonchev–Trinajstić information content (AvgIpc) is 3.15. The predicted octanol–water partition coefficient (Wildman–Crippen LogP) is 1.81. The highest BCUT2D eigenvalue weighted by atomic mass is 16.5. The number of ether oxygens (including phenoxy) is 1. The molecule has 0 saturated heterocycles. The normalized spacial score (nSPS) is 12.0. The summed E-state index contributed by atoms with van der Waals surface area (Å²) in [6.07, 6.45) is 1.76. The van der Waals surface area contributed by atoms with Gasteiger partial charge in [-0.15, -0.1) is 0 Å². The van der Waals surface area contributed by atoms with Gasteiger partial charge >= 0.3 is 0 Å². The number of carbonyl (C=O) groups excluding carboxylic acids is 1. The van der Waals surface area contributed by atoms with Crippen molar-refractivity contribution in [3.8, 4) is 11.4 Å². The van der Waals surface area contributed by atoms with Crippen LogP contribution in [0.25, 0.3) is 11.4 Å². The number of nitrogens with zero attached hydrogens (tertiary/aromatic N) is 3. The van der Waals surface area contributed by atoms with Gasteiger partial charge in [-0.2, -0.15) is 4.98 Å². The van der Waals surface area contributed by atoms with Crippen LogP contribution in [0.15, 0.2) is 39.8 Å². The summed E-state index contributed by atoms with van der Waals surface area (Å²) >= 11 is 0. The minimum Gasteiger partial charge on any atom is -0.384 e. The fourth-order valence-electron chi connectivity index (χ4n) is 2.57. The highest BCUT2D eigenvalue weighted by molar-refractivity contribution is 5.93. The van der Waals surface area contributed by atoms with Gasteiger partial charge < -0.3 is 19.6 Å². The van der Waals surface area contributed by atoms with Gasteiger partial charge in [0.05, 0.1) is 6.61 Å². The second kappa shape index (κ2) is 8.57. The van der Waals surface area contributed by atoms with Crippen LogP contribution >= 0.6 is 0 Å². The van der Waals surface area contributed by atoms with E-state index in [1.165, 1.54) is 6.20 Å². The maximum absolute atomic E-state index is 12.4. The number of hydrogen-bond acceptors (Lipinski definition) is 7. The van der Waals surface area contributed by atoms with E-state index in [1.807, 2.05) is 31.2 Å². The van der Waals surface area contributed by atoms with Crippen LogP contribution < -0.4 is 10.9 Å². The number of amides is 1. The number of benzene rings is 1. The standard InChI is InChI=1S/C19H21N5O4/c1-11-5-4-6-13(9-11)16-20-10-14(18(26)23-16)17(25)21-12(2)19-22-15(24-28-19)7-8-27-3/h4-6,9-10,12H,7-8H2,1-3H3,(H,21,25)(H,20,23,26)/t12-/m0/s1. The van der Waals surface area contributed by atoms with E-state index in [4.69, 9.17) is 9.26 Å². The van der Waals surface area contributed by atoms with Crippen molar-refractivity contribution >= 4 is 5.91 Å². The molecule has 1 aromatic carbocycles. The zero-order valence-electron chi connectivity index (χ0n) is 15.9. The summed E-state index contributed by atoms with van der Waals surface area (Å²) in [6, 6.07) is 6.99. The molecule has 0 fully saturated rings. The summed E-state index contributed by atoms with van der Waals surface area (Å²) < 4.78 is 10.1. The third kappa shape index (κ3) is 4.49. The Bertz CT molecular complexity index is 1030. The predicted molar refractivity (Wildman–Crippen MR) is 101 cm³/mol. The molecule has 146 valence electrons. The maximum Gasteiger partial charge on any atom is 0.264 e. The molecule has 3 rings (SSSR count). The van der Waals surface area contributed by atoms with Crippen molar-refractivity contribution in [1.29, 1.82) is 0 Å². The van der Waals surface area contributed by atoms with E-state index in [1.54, 1.807) is 14.0 Å². The molecular weight excluding hydrogens is 362 g/mol. The molecule has 2 heterocycles. The molecule has 1 amide bonds. The molecular formula is C19H21N5O4. The number of hydrogen-bond donors (Lipinski definition) is 2. The quantitative estimate of drug-likeness (QED) is 0.638. The van der Waals surface area contributed by atoms with Crippen molar-refractivity contribution in [2.45, 2.75) is 26.3 Å². The number of nitrogens with one attached hydrogen (secondary N) is 2. The molecule has 28 heavy (non-hydrogen) atoms. The molecule has 1 atom stereocenters. The Hall–Kier alpha value is -3.33. The van der Waals surface area contributed by atoms with Gasteiger partial charge in [0, 0.05) is 25.3 Å². The number of rotatable bonds is 7. The summed E-state index contributed by atoms with van der Waals surface area (Å²) in [5.74, 6) is 0.562. The monoisotopic (exact) mass is 383 g/mol.